The SMILES string of the molecule is Cc1csc(C(C)Nc2ccc(N)c(OC(C)C)n2)n1. The topological polar surface area (TPSA) is 73.1 Å². The zero-order valence-electron chi connectivity index (χ0n) is 12.2. The lowest BCUT2D eigenvalue weighted by Gasteiger charge is -2.15. The predicted octanol–water partition coefficient (Wildman–Crippen LogP) is 3.39. The summed E-state index contributed by atoms with van der Waals surface area (Å²) in [4.78, 5) is 8.87. The highest BCUT2D eigenvalue weighted by Gasteiger charge is 2.12. The Kier molecular flexibility index (Phi) is 4.44. The van der Waals surface area contributed by atoms with Crippen molar-refractivity contribution in [3.8, 4) is 5.88 Å². The molecule has 108 valence electrons. The Morgan fingerprint density at radius 2 is 2.00 bits per heavy atom. The molecular weight excluding hydrogens is 272 g/mol. The number of nitrogens with zero attached hydrogens (tertiary/aromatic N) is 2. The van der Waals surface area contributed by atoms with Gasteiger partial charge in [0, 0.05) is 11.1 Å². The molecule has 0 bridgehead atoms. The molecule has 0 aliphatic rings. The number of hydrogen-bond acceptors (Lipinski definition) is 6. The van der Waals surface area contributed by atoms with Crippen LogP contribution in [0.2, 0.25) is 0 Å². The van der Waals surface area contributed by atoms with Gasteiger partial charge in [0.1, 0.15) is 10.8 Å². The first-order valence-electron chi connectivity index (χ1n) is 6.57. The molecule has 5 nitrogen and oxygen atoms in total. The van der Waals surface area contributed by atoms with E-state index in [2.05, 4.69) is 22.2 Å². The Hall–Kier alpha value is -1.82. The van der Waals surface area contributed by atoms with Gasteiger partial charge in [-0.05, 0) is 39.8 Å². The predicted molar refractivity (Wildman–Crippen MR) is 83.3 cm³/mol. The minimum atomic E-state index is 0.0408. The maximum Gasteiger partial charge on any atom is 0.239 e. The van der Waals surface area contributed by atoms with Crippen molar-refractivity contribution >= 4 is 22.8 Å². The van der Waals surface area contributed by atoms with Crippen LogP contribution >= 0.6 is 11.3 Å². The van der Waals surface area contributed by atoms with Gasteiger partial charge in [-0.15, -0.1) is 11.3 Å². The Balaban J connectivity index is 2.13. The fourth-order valence-electron chi connectivity index (χ4n) is 1.70. The van der Waals surface area contributed by atoms with E-state index in [-0.39, 0.29) is 12.1 Å². The highest BCUT2D eigenvalue weighted by molar-refractivity contribution is 7.09. The largest absolute Gasteiger partial charge is 0.473 e. The van der Waals surface area contributed by atoms with Gasteiger partial charge in [-0.1, -0.05) is 0 Å². The molecule has 0 spiro atoms. The molecule has 2 aromatic heterocycles. The Labute approximate surface area is 123 Å². The zero-order chi connectivity index (χ0) is 14.7. The number of aryl methyl sites for hydroxylation is 1. The molecule has 0 saturated heterocycles. The minimum Gasteiger partial charge on any atom is -0.473 e. The second-order valence-corrected chi connectivity index (χ2v) is 5.84. The van der Waals surface area contributed by atoms with Crippen LogP contribution in [0.1, 0.15) is 37.5 Å². The number of thiazole rings is 1. The summed E-state index contributed by atoms with van der Waals surface area (Å²) in [5, 5.41) is 6.39. The number of pyridine rings is 1. The van der Waals surface area contributed by atoms with Gasteiger partial charge in [0.2, 0.25) is 5.88 Å². The van der Waals surface area contributed by atoms with Crippen LogP contribution in [0.15, 0.2) is 17.5 Å². The molecule has 0 fully saturated rings. The number of hydrogen-bond donors (Lipinski definition) is 2. The number of rotatable bonds is 5. The Morgan fingerprint density at radius 3 is 2.60 bits per heavy atom. The fraction of sp³-hybridized carbons (Fsp3) is 0.429. The van der Waals surface area contributed by atoms with Gasteiger partial charge in [-0.2, -0.15) is 4.98 Å². The highest BCUT2D eigenvalue weighted by Crippen LogP contribution is 2.25. The zero-order valence-corrected chi connectivity index (χ0v) is 13.0. The quantitative estimate of drug-likeness (QED) is 0.883. The first-order chi connectivity index (χ1) is 9.45. The highest BCUT2D eigenvalue weighted by atomic mass is 32.1. The molecule has 3 N–H and O–H groups in total. The number of ether oxygens (including phenoxy) is 1. The monoisotopic (exact) mass is 292 g/mol. The summed E-state index contributed by atoms with van der Waals surface area (Å²) < 4.78 is 5.59. The third-order valence-electron chi connectivity index (χ3n) is 2.61. The maximum absolute atomic E-state index is 5.86. The van der Waals surface area contributed by atoms with Crippen LogP contribution < -0.4 is 15.8 Å². The first-order valence-corrected chi connectivity index (χ1v) is 7.45. The van der Waals surface area contributed by atoms with Crippen LogP contribution in [-0.4, -0.2) is 16.1 Å². The molecule has 6 heteroatoms. The lowest BCUT2D eigenvalue weighted by Crippen LogP contribution is -2.12. The van der Waals surface area contributed by atoms with E-state index in [4.69, 9.17) is 10.5 Å². The van der Waals surface area contributed by atoms with Crippen LogP contribution in [0.5, 0.6) is 5.88 Å². The van der Waals surface area contributed by atoms with Crippen molar-refractivity contribution in [2.24, 2.45) is 0 Å². The summed E-state index contributed by atoms with van der Waals surface area (Å²) in [6.45, 7) is 7.94. The summed E-state index contributed by atoms with van der Waals surface area (Å²) >= 11 is 1.64. The summed E-state index contributed by atoms with van der Waals surface area (Å²) in [6, 6.07) is 3.74. The third-order valence-corrected chi connectivity index (χ3v) is 3.75. The molecule has 1 unspecified atom stereocenters. The molecular formula is C14H20N4OS. The fourth-order valence-corrected chi connectivity index (χ4v) is 2.51. The van der Waals surface area contributed by atoms with Gasteiger partial charge >= 0.3 is 0 Å². The molecule has 1 atom stereocenters. The maximum atomic E-state index is 5.86. The molecule has 0 radical (unpaired) electrons. The number of anilines is 2. The number of nitrogens with two attached hydrogens (primary N) is 1. The minimum absolute atomic E-state index is 0.0408. The second-order valence-electron chi connectivity index (χ2n) is 4.95. The van der Waals surface area contributed by atoms with E-state index in [0.717, 1.165) is 16.5 Å². The molecule has 0 amide bonds. The van der Waals surface area contributed by atoms with E-state index in [9.17, 15) is 0 Å². The van der Waals surface area contributed by atoms with E-state index in [1.54, 1.807) is 17.4 Å². The van der Waals surface area contributed by atoms with Crippen LogP contribution in [0, 0.1) is 6.92 Å². The molecule has 20 heavy (non-hydrogen) atoms. The molecule has 0 aliphatic carbocycles. The Bertz CT molecular complexity index is 582. The summed E-state index contributed by atoms with van der Waals surface area (Å²) in [6.07, 6.45) is 0.0408. The molecule has 2 heterocycles. The van der Waals surface area contributed by atoms with E-state index in [1.165, 1.54) is 0 Å². The van der Waals surface area contributed by atoms with Crippen molar-refractivity contribution in [3.63, 3.8) is 0 Å². The van der Waals surface area contributed by atoms with E-state index >= 15 is 0 Å². The normalized spacial score (nSPS) is 12.4. The van der Waals surface area contributed by atoms with Crippen molar-refractivity contribution in [1.82, 2.24) is 9.97 Å². The van der Waals surface area contributed by atoms with Crippen LogP contribution in [0.4, 0.5) is 11.5 Å². The standard InChI is InChI=1S/C14H20N4OS/c1-8(2)19-13-11(15)5-6-12(18-13)17-10(4)14-16-9(3)7-20-14/h5-8,10H,15H2,1-4H3,(H,17,18). The smallest absolute Gasteiger partial charge is 0.239 e. The second kappa shape index (κ2) is 6.09. The molecule has 2 rings (SSSR count). The van der Waals surface area contributed by atoms with Gasteiger partial charge in [-0.25, -0.2) is 4.98 Å². The molecule has 0 saturated carbocycles. The Morgan fingerprint density at radius 1 is 1.25 bits per heavy atom. The van der Waals surface area contributed by atoms with Crippen molar-refractivity contribution in [3.05, 3.63) is 28.2 Å². The molecule has 0 aromatic carbocycles. The van der Waals surface area contributed by atoms with Crippen molar-refractivity contribution in [2.75, 3.05) is 11.1 Å². The number of nitrogen functional groups attached to an aromatic ring is 1. The lowest BCUT2D eigenvalue weighted by atomic mass is 10.3. The summed E-state index contributed by atoms with van der Waals surface area (Å²) in [5.41, 5.74) is 7.44. The number of nitrogens with one attached hydrogen (secondary N) is 1. The molecule has 2 aromatic rings. The first kappa shape index (κ1) is 14.6. The van der Waals surface area contributed by atoms with Crippen molar-refractivity contribution in [2.45, 2.75) is 39.8 Å². The third kappa shape index (κ3) is 3.60. The van der Waals surface area contributed by atoms with Crippen LogP contribution in [0.3, 0.4) is 0 Å². The van der Waals surface area contributed by atoms with Crippen LogP contribution in [-0.2, 0) is 0 Å². The van der Waals surface area contributed by atoms with Crippen molar-refractivity contribution < 1.29 is 4.74 Å². The lowest BCUT2D eigenvalue weighted by molar-refractivity contribution is 0.234. The van der Waals surface area contributed by atoms with Gasteiger partial charge in [-0.3, -0.25) is 0 Å². The summed E-state index contributed by atoms with van der Waals surface area (Å²) in [7, 11) is 0. The van der Waals surface area contributed by atoms with E-state index in [1.807, 2.05) is 32.2 Å². The van der Waals surface area contributed by atoms with Gasteiger partial charge < -0.3 is 15.8 Å². The van der Waals surface area contributed by atoms with Gasteiger partial charge in [0.15, 0.2) is 0 Å². The summed E-state index contributed by atoms with van der Waals surface area (Å²) in [5.74, 6) is 1.20. The van der Waals surface area contributed by atoms with Crippen LogP contribution in [0.25, 0.3) is 0 Å². The number of aromatic nitrogens is 2. The molecule has 0 aliphatic heterocycles. The van der Waals surface area contributed by atoms with E-state index in [0.29, 0.717) is 11.6 Å². The van der Waals surface area contributed by atoms with Gasteiger partial charge in [0.25, 0.3) is 0 Å². The van der Waals surface area contributed by atoms with Crippen molar-refractivity contribution in [1.29, 1.82) is 0 Å². The van der Waals surface area contributed by atoms with E-state index < -0.39 is 0 Å². The van der Waals surface area contributed by atoms with Gasteiger partial charge in [0.05, 0.1) is 17.8 Å². The average Bonchev–Trinajstić information content (AvgIpc) is 2.79. The average molecular weight is 292 g/mol.